The Bertz CT molecular complexity index is 668. The summed E-state index contributed by atoms with van der Waals surface area (Å²) >= 11 is 0. The van der Waals surface area contributed by atoms with Gasteiger partial charge in [-0.1, -0.05) is 18.2 Å². The van der Waals surface area contributed by atoms with Crippen LogP contribution in [0, 0.1) is 5.82 Å². The molecule has 0 radical (unpaired) electrons. The molecule has 128 valence electrons. The van der Waals surface area contributed by atoms with Crippen molar-refractivity contribution >= 4 is 0 Å². The molecule has 2 nitrogen and oxygen atoms in total. The smallest absolute Gasteiger partial charge is 0.123 e. The summed E-state index contributed by atoms with van der Waals surface area (Å²) in [6.45, 7) is 0.910. The fourth-order valence-corrected chi connectivity index (χ4v) is 3.93. The second-order valence-corrected chi connectivity index (χ2v) is 6.70. The molecule has 0 spiro atoms. The number of hydrogen-bond donors (Lipinski definition) is 1. The molecule has 0 heterocycles. The second kappa shape index (κ2) is 7.80. The van der Waals surface area contributed by atoms with Crippen LogP contribution in [0.4, 0.5) is 4.39 Å². The van der Waals surface area contributed by atoms with Crippen LogP contribution in [-0.2, 0) is 6.42 Å². The summed E-state index contributed by atoms with van der Waals surface area (Å²) in [4.78, 5) is 0. The number of rotatable bonds is 6. The van der Waals surface area contributed by atoms with Crippen molar-refractivity contribution in [1.29, 1.82) is 0 Å². The van der Waals surface area contributed by atoms with E-state index >= 15 is 0 Å². The van der Waals surface area contributed by atoms with Crippen LogP contribution in [-0.4, -0.2) is 20.7 Å². The third-order valence-electron chi connectivity index (χ3n) is 5.15. The summed E-state index contributed by atoms with van der Waals surface area (Å²) < 4.78 is 18.6. The van der Waals surface area contributed by atoms with Crippen molar-refractivity contribution in [3.63, 3.8) is 0 Å². The summed E-state index contributed by atoms with van der Waals surface area (Å²) in [6, 6.07) is 13.5. The van der Waals surface area contributed by atoms with Gasteiger partial charge in [0, 0.05) is 6.54 Å². The van der Waals surface area contributed by atoms with Crippen molar-refractivity contribution in [2.45, 2.75) is 37.5 Å². The van der Waals surface area contributed by atoms with Crippen LogP contribution in [0.25, 0.3) is 0 Å². The molecule has 0 aromatic heterocycles. The highest BCUT2D eigenvalue weighted by Gasteiger charge is 2.24. The van der Waals surface area contributed by atoms with Gasteiger partial charge in [0.15, 0.2) is 0 Å². The molecule has 1 N–H and O–H groups in total. The summed E-state index contributed by atoms with van der Waals surface area (Å²) in [5.41, 5.74) is 4.10. The third kappa shape index (κ3) is 3.78. The Morgan fingerprint density at radius 3 is 2.71 bits per heavy atom. The van der Waals surface area contributed by atoms with E-state index < -0.39 is 0 Å². The topological polar surface area (TPSA) is 21.3 Å². The van der Waals surface area contributed by atoms with Gasteiger partial charge >= 0.3 is 0 Å². The number of benzene rings is 2. The van der Waals surface area contributed by atoms with Crippen LogP contribution in [0.1, 0.15) is 47.8 Å². The lowest BCUT2D eigenvalue weighted by Gasteiger charge is -2.29. The molecule has 1 aliphatic carbocycles. The van der Waals surface area contributed by atoms with E-state index in [0.29, 0.717) is 11.8 Å². The molecule has 3 rings (SSSR count). The Labute approximate surface area is 144 Å². The van der Waals surface area contributed by atoms with E-state index in [1.807, 2.05) is 19.2 Å². The van der Waals surface area contributed by atoms with Crippen LogP contribution in [0.5, 0.6) is 5.75 Å². The van der Waals surface area contributed by atoms with Gasteiger partial charge in [-0.2, -0.15) is 0 Å². The van der Waals surface area contributed by atoms with E-state index in [4.69, 9.17) is 4.74 Å². The van der Waals surface area contributed by atoms with Crippen molar-refractivity contribution < 1.29 is 9.13 Å². The number of aryl methyl sites for hydroxylation is 1. The Morgan fingerprint density at radius 1 is 1.21 bits per heavy atom. The minimum absolute atomic E-state index is 0.169. The number of nitrogens with one attached hydrogen (secondary N) is 1. The van der Waals surface area contributed by atoms with Gasteiger partial charge in [-0.05, 0) is 85.5 Å². The van der Waals surface area contributed by atoms with Gasteiger partial charge < -0.3 is 10.1 Å². The number of methoxy groups -OCH3 is 1. The predicted octanol–water partition coefficient (Wildman–Crippen LogP) is 4.65. The Hall–Kier alpha value is -1.87. The van der Waals surface area contributed by atoms with E-state index in [0.717, 1.165) is 25.1 Å². The summed E-state index contributed by atoms with van der Waals surface area (Å²) in [5.74, 6) is 1.73. The van der Waals surface area contributed by atoms with Crippen molar-refractivity contribution in [2.24, 2.45) is 0 Å². The van der Waals surface area contributed by atoms with Crippen molar-refractivity contribution in [3.8, 4) is 5.75 Å². The molecule has 2 atom stereocenters. The number of halogens is 1. The summed E-state index contributed by atoms with van der Waals surface area (Å²) in [6.07, 6.45) is 4.67. The average molecular weight is 327 g/mol. The Kier molecular flexibility index (Phi) is 5.52. The maximum atomic E-state index is 13.2. The lowest BCUT2D eigenvalue weighted by molar-refractivity contribution is 0.411. The quantitative estimate of drug-likeness (QED) is 0.834. The molecule has 2 unspecified atom stereocenters. The molecule has 2 aromatic rings. The number of hydrogen-bond acceptors (Lipinski definition) is 2. The highest BCUT2D eigenvalue weighted by atomic mass is 19.1. The molecule has 2 aromatic carbocycles. The standard InChI is InChI=1S/C21H26FNO/c1-23-14-18(15-6-8-19(22)9-7-15)12-16-4-3-5-17-13-20(24-2)10-11-21(16)17/h6-11,13,16,18,23H,3-5,12,14H2,1-2H3. The zero-order valence-electron chi connectivity index (χ0n) is 14.5. The lowest BCUT2D eigenvalue weighted by Crippen LogP contribution is -2.21. The molecule has 0 bridgehead atoms. The summed E-state index contributed by atoms with van der Waals surface area (Å²) in [7, 11) is 3.70. The number of ether oxygens (including phenoxy) is 1. The third-order valence-corrected chi connectivity index (χ3v) is 5.15. The minimum atomic E-state index is -0.169. The monoisotopic (exact) mass is 327 g/mol. The maximum absolute atomic E-state index is 13.2. The van der Waals surface area contributed by atoms with Gasteiger partial charge in [0.25, 0.3) is 0 Å². The van der Waals surface area contributed by atoms with E-state index in [1.54, 1.807) is 19.2 Å². The molecule has 0 saturated carbocycles. The minimum Gasteiger partial charge on any atom is -0.497 e. The predicted molar refractivity (Wildman–Crippen MR) is 96.4 cm³/mol. The van der Waals surface area contributed by atoms with Crippen LogP contribution in [0.2, 0.25) is 0 Å². The van der Waals surface area contributed by atoms with Gasteiger partial charge in [-0.25, -0.2) is 4.39 Å². The van der Waals surface area contributed by atoms with Gasteiger partial charge in [0.2, 0.25) is 0 Å². The second-order valence-electron chi connectivity index (χ2n) is 6.70. The zero-order valence-corrected chi connectivity index (χ0v) is 14.5. The summed E-state index contributed by atoms with van der Waals surface area (Å²) in [5, 5.41) is 3.30. The van der Waals surface area contributed by atoms with E-state index in [1.165, 1.54) is 29.5 Å². The van der Waals surface area contributed by atoms with Gasteiger partial charge in [-0.15, -0.1) is 0 Å². The Morgan fingerprint density at radius 2 is 2.00 bits per heavy atom. The van der Waals surface area contributed by atoms with E-state index in [9.17, 15) is 4.39 Å². The maximum Gasteiger partial charge on any atom is 0.123 e. The van der Waals surface area contributed by atoms with Crippen molar-refractivity contribution in [2.75, 3.05) is 20.7 Å². The molecule has 0 fully saturated rings. The molecule has 0 amide bonds. The Balaban J connectivity index is 1.82. The fourth-order valence-electron chi connectivity index (χ4n) is 3.93. The molecular formula is C21H26FNO. The van der Waals surface area contributed by atoms with Crippen LogP contribution >= 0.6 is 0 Å². The highest BCUT2D eigenvalue weighted by Crippen LogP contribution is 2.39. The van der Waals surface area contributed by atoms with Gasteiger partial charge in [0.05, 0.1) is 7.11 Å². The largest absolute Gasteiger partial charge is 0.497 e. The first-order valence-corrected chi connectivity index (χ1v) is 8.78. The molecule has 24 heavy (non-hydrogen) atoms. The normalized spacial score (nSPS) is 18.0. The first-order valence-electron chi connectivity index (χ1n) is 8.78. The molecular weight excluding hydrogens is 301 g/mol. The van der Waals surface area contributed by atoms with Gasteiger partial charge in [0.1, 0.15) is 11.6 Å². The van der Waals surface area contributed by atoms with E-state index in [2.05, 4.69) is 23.5 Å². The van der Waals surface area contributed by atoms with Crippen LogP contribution < -0.4 is 10.1 Å². The average Bonchev–Trinajstić information content (AvgIpc) is 2.61. The van der Waals surface area contributed by atoms with E-state index in [-0.39, 0.29) is 5.82 Å². The molecule has 0 saturated heterocycles. The zero-order chi connectivity index (χ0) is 16.9. The highest BCUT2D eigenvalue weighted by molar-refractivity contribution is 5.39. The lowest BCUT2D eigenvalue weighted by atomic mass is 9.76. The van der Waals surface area contributed by atoms with Crippen molar-refractivity contribution in [1.82, 2.24) is 5.32 Å². The number of fused-ring (bicyclic) bond motifs is 1. The SMILES string of the molecule is CNCC(CC1CCCc2cc(OC)ccc21)c1ccc(F)cc1. The van der Waals surface area contributed by atoms with Crippen molar-refractivity contribution in [3.05, 3.63) is 65.0 Å². The van der Waals surface area contributed by atoms with Crippen LogP contribution in [0.15, 0.2) is 42.5 Å². The first-order chi connectivity index (χ1) is 11.7. The van der Waals surface area contributed by atoms with Gasteiger partial charge in [-0.3, -0.25) is 0 Å². The number of likely N-dealkylation sites (N-methyl/N-ethyl adjacent to an activating group) is 1. The fraction of sp³-hybridized carbons (Fsp3) is 0.429. The molecule has 3 heteroatoms. The van der Waals surface area contributed by atoms with Crippen LogP contribution in [0.3, 0.4) is 0 Å². The molecule has 1 aliphatic rings. The molecule has 0 aliphatic heterocycles. The first kappa shape index (κ1) is 17.0.